The van der Waals surface area contributed by atoms with Crippen LogP contribution < -0.4 is 10.2 Å². The molecule has 1 saturated heterocycles. The Labute approximate surface area is 165 Å². The first kappa shape index (κ1) is 19.9. The maximum absolute atomic E-state index is 12.5. The van der Waals surface area contributed by atoms with Crippen LogP contribution in [-0.4, -0.2) is 36.6 Å². The third-order valence-electron chi connectivity index (χ3n) is 4.91. The molecular formula is C22H27N3O3. The predicted octanol–water partition coefficient (Wildman–Crippen LogP) is 4.20. The number of hydrogen-bond acceptors (Lipinski definition) is 5. The topological polar surface area (TPSA) is 71.5 Å². The molecule has 2 heterocycles. The molecule has 0 aliphatic carbocycles. The van der Waals surface area contributed by atoms with Crippen molar-refractivity contribution in [2.45, 2.75) is 39.5 Å². The number of benzene rings is 1. The van der Waals surface area contributed by atoms with Crippen molar-refractivity contribution < 1.29 is 14.3 Å². The van der Waals surface area contributed by atoms with Crippen LogP contribution in [0.3, 0.4) is 0 Å². The highest BCUT2D eigenvalue weighted by Gasteiger charge is 2.15. The van der Waals surface area contributed by atoms with Gasteiger partial charge in [0.15, 0.2) is 0 Å². The molecule has 0 spiro atoms. The molecule has 1 N–H and O–H groups in total. The molecule has 148 valence electrons. The number of amides is 1. The number of nitrogens with one attached hydrogen (secondary N) is 1. The summed E-state index contributed by atoms with van der Waals surface area (Å²) in [6.45, 7) is 5.91. The van der Waals surface area contributed by atoms with Crippen LogP contribution in [0.2, 0.25) is 0 Å². The maximum Gasteiger partial charge on any atom is 0.339 e. The number of nitrogens with zero attached hydrogens (tertiary/aromatic N) is 2. The van der Waals surface area contributed by atoms with Gasteiger partial charge in [0.2, 0.25) is 0 Å². The normalized spacial score (nSPS) is 14.3. The van der Waals surface area contributed by atoms with Crippen LogP contribution in [0.1, 0.15) is 59.1 Å². The Balaban J connectivity index is 1.65. The first-order valence-corrected chi connectivity index (χ1v) is 9.89. The lowest BCUT2D eigenvalue weighted by Crippen LogP contribution is -2.23. The lowest BCUT2D eigenvalue weighted by atomic mass is 10.2. The Bertz CT molecular complexity index is 825. The number of aryl methyl sites for hydroxylation is 1. The molecule has 0 atom stereocenters. The highest BCUT2D eigenvalue weighted by atomic mass is 16.5. The summed E-state index contributed by atoms with van der Waals surface area (Å²) in [7, 11) is 0. The number of ether oxygens (including phenoxy) is 1. The number of aromatic nitrogens is 1. The molecule has 28 heavy (non-hydrogen) atoms. The zero-order valence-corrected chi connectivity index (χ0v) is 16.5. The molecule has 1 fully saturated rings. The minimum atomic E-state index is -0.427. The number of pyridine rings is 1. The summed E-state index contributed by atoms with van der Waals surface area (Å²) in [4.78, 5) is 31.0. The molecule has 0 radical (unpaired) electrons. The smallest absolute Gasteiger partial charge is 0.339 e. The highest BCUT2D eigenvalue weighted by Crippen LogP contribution is 2.22. The lowest BCUT2D eigenvalue weighted by molar-refractivity contribution is 0.0524. The van der Waals surface area contributed by atoms with Gasteiger partial charge in [0.25, 0.3) is 5.91 Å². The van der Waals surface area contributed by atoms with Gasteiger partial charge in [-0.05, 0) is 63.1 Å². The van der Waals surface area contributed by atoms with Gasteiger partial charge in [0.1, 0.15) is 5.69 Å². The third kappa shape index (κ3) is 4.88. The van der Waals surface area contributed by atoms with Gasteiger partial charge in [-0.25, -0.2) is 9.78 Å². The number of anilines is 2. The molecule has 2 aromatic rings. The molecule has 0 unspecified atom stereocenters. The third-order valence-corrected chi connectivity index (χ3v) is 4.91. The first-order valence-electron chi connectivity index (χ1n) is 9.89. The molecule has 1 aliphatic heterocycles. The first-order chi connectivity index (χ1) is 13.6. The molecule has 0 bridgehead atoms. The van der Waals surface area contributed by atoms with Gasteiger partial charge >= 0.3 is 5.97 Å². The molecule has 1 amide bonds. The Hall–Kier alpha value is -2.89. The Morgan fingerprint density at radius 1 is 1.04 bits per heavy atom. The summed E-state index contributed by atoms with van der Waals surface area (Å²) in [5.74, 6) is -0.732. The van der Waals surface area contributed by atoms with E-state index < -0.39 is 5.97 Å². The van der Waals surface area contributed by atoms with Crippen molar-refractivity contribution in [3.63, 3.8) is 0 Å². The summed E-state index contributed by atoms with van der Waals surface area (Å²) < 4.78 is 4.99. The zero-order valence-electron chi connectivity index (χ0n) is 16.5. The summed E-state index contributed by atoms with van der Waals surface area (Å²) in [6.07, 6.45) is 5.05. The van der Waals surface area contributed by atoms with Crippen LogP contribution in [0.5, 0.6) is 0 Å². The predicted molar refractivity (Wildman–Crippen MR) is 110 cm³/mol. The van der Waals surface area contributed by atoms with Crippen molar-refractivity contribution in [2.75, 3.05) is 29.9 Å². The van der Waals surface area contributed by atoms with E-state index >= 15 is 0 Å². The zero-order chi connectivity index (χ0) is 19.9. The van der Waals surface area contributed by atoms with Crippen molar-refractivity contribution in [2.24, 2.45) is 0 Å². The molecule has 1 aliphatic rings. The van der Waals surface area contributed by atoms with Gasteiger partial charge in [-0.2, -0.15) is 0 Å². The SMILES string of the molecule is CCOC(=O)c1ccc(C(=O)Nc2ccc(N3CCCCCC3)cc2)nc1C. The molecule has 1 aromatic heterocycles. The number of carbonyl (C=O) groups excluding carboxylic acids is 2. The van der Waals surface area contributed by atoms with Crippen LogP contribution >= 0.6 is 0 Å². The molecule has 3 rings (SSSR count). The largest absolute Gasteiger partial charge is 0.462 e. The summed E-state index contributed by atoms with van der Waals surface area (Å²) in [6, 6.07) is 11.0. The van der Waals surface area contributed by atoms with Crippen molar-refractivity contribution in [3.05, 3.63) is 53.3 Å². The van der Waals surface area contributed by atoms with Crippen LogP contribution in [-0.2, 0) is 4.74 Å². The second-order valence-electron chi connectivity index (χ2n) is 6.95. The molecular weight excluding hydrogens is 354 g/mol. The standard InChI is InChI=1S/C22H27N3O3/c1-3-28-22(27)19-12-13-20(23-16(19)2)21(26)24-17-8-10-18(11-9-17)25-14-6-4-5-7-15-25/h8-13H,3-7,14-15H2,1-2H3,(H,24,26). The van der Waals surface area contributed by atoms with Crippen LogP contribution in [0.15, 0.2) is 36.4 Å². The maximum atomic E-state index is 12.5. The van der Waals surface area contributed by atoms with Gasteiger partial charge in [-0.15, -0.1) is 0 Å². The van der Waals surface area contributed by atoms with E-state index in [1.807, 2.05) is 24.3 Å². The van der Waals surface area contributed by atoms with Gasteiger partial charge < -0.3 is 15.0 Å². The summed E-state index contributed by atoms with van der Waals surface area (Å²) >= 11 is 0. The molecule has 0 saturated carbocycles. The second-order valence-corrected chi connectivity index (χ2v) is 6.95. The second kappa shape index (κ2) is 9.35. The van der Waals surface area contributed by atoms with E-state index in [2.05, 4.69) is 15.2 Å². The van der Waals surface area contributed by atoms with Crippen LogP contribution in [0.25, 0.3) is 0 Å². The van der Waals surface area contributed by atoms with E-state index in [4.69, 9.17) is 4.74 Å². The molecule has 6 nitrogen and oxygen atoms in total. The van der Waals surface area contributed by atoms with Crippen molar-refractivity contribution in [1.82, 2.24) is 4.98 Å². The average Bonchev–Trinajstić information content (AvgIpc) is 2.98. The quantitative estimate of drug-likeness (QED) is 0.786. The van der Waals surface area contributed by atoms with Gasteiger partial charge in [-0.1, -0.05) is 12.8 Å². The fourth-order valence-corrected chi connectivity index (χ4v) is 3.39. The Kier molecular flexibility index (Phi) is 6.63. The Morgan fingerprint density at radius 2 is 1.71 bits per heavy atom. The Morgan fingerprint density at radius 3 is 2.32 bits per heavy atom. The van der Waals surface area contributed by atoms with E-state index in [0.29, 0.717) is 17.9 Å². The minimum absolute atomic E-state index is 0.266. The number of hydrogen-bond donors (Lipinski definition) is 1. The van der Waals surface area contributed by atoms with Crippen molar-refractivity contribution in [1.29, 1.82) is 0 Å². The van der Waals surface area contributed by atoms with E-state index in [1.165, 1.54) is 31.4 Å². The molecule has 1 aromatic carbocycles. The van der Waals surface area contributed by atoms with Crippen molar-refractivity contribution in [3.8, 4) is 0 Å². The highest BCUT2D eigenvalue weighted by molar-refractivity contribution is 6.03. The van der Waals surface area contributed by atoms with Gasteiger partial charge in [0, 0.05) is 24.5 Å². The summed E-state index contributed by atoms with van der Waals surface area (Å²) in [5, 5.41) is 2.87. The van der Waals surface area contributed by atoms with E-state index in [9.17, 15) is 9.59 Å². The summed E-state index contributed by atoms with van der Waals surface area (Å²) in [5.41, 5.74) is 3.02. The van der Waals surface area contributed by atoms with E-state index in [1.54, 1.807) is 26.0 Å². The minimum Gasteiger partial charge on any atom is -0.462 e. The fourth-order valence-electron chi connectivity index (χ4n) is 3.39. The van der Waals surface area contributed by atoms with E-state index in [-0.39, 0.29) is 11.6 Å². The van der Waals surface area contributed by atoms with Gasteiger partial charge in [-0.3, -0.25) is 4.79 Å². The monoisotopic (exact) mass is 381 g/mol. The van der Waals surface area contributed by atoms with Gasteiger partial charge in [0.05, 0.1) is 17.9 Å². The lowest BCUT2D eigenvalue weighted by Gasteiger charge is -2.22. The van der Waals surface area contributed by atoms with E-state index in [0.717, 1.165) is 18.8 Å². The molecule has 6 heteroatoms. The number of carbonyl (C=O) groups is 2. The fraction of sp³-hybridized carbons (Fsp3) is 0.409. The van der Waals surface area contributed by atoms with Crippen LogP contribution in [0.4, 0.5) is 11.4 Å². The number of rotatable bonds is 5. The van der Waals surface area contributed by atoms with Crippen molar-refractivity contribution >= 4 is 23.3 Å². The number of esters is 1. The average molecular weight is 381 g/mol. The van der Waals surface area contributed by atoms with Crippen LogP contribution in [0, 0.1) is 6.92 Å².